The van der Waals surface area contributed by atoms with Crippen molar-refractivity contribution in [2.24, 2.45) is 11.7 Å². The molecule has 0 saturated carbocycles. The van der Waals surface area contributed by atoms with Crippen LogP contribution in [0.15, 0.2) is 46.1 Å². The largest absolute Gasteiger partial charge is 0.465 e. The summed E-state index contributed by atoms with van der Waals surface area (Å²) in [4.78, 5) is 26.6. The number of fused-ring (bicyclic) bond motifs is 1. The van der Waals surface area contributed by atoms with E-state index < -0.39 is 5.97 Å². The van der Waals surface area contributed by atoms with Crippen LogP contribution < -0.4 is 5.73 Å². The summed E-state index contributed by atoms with van der Waals surface area (Å²) in [6.45, 7) is 3.47. The lowest BCUT2D eigenvalue weighted by molar-refractivity contribution is -0.135. The van der Waals surface area contributed by atoms with E-state index in [1.807, 2.05) is 37.3 Å². The number of carbonyl (C=O) groups is 2. The van der Waals surface area contributed by atoms with Crippen molar-refractivity contribution in [3.8, 4) is 0 Å². The topological polar surface area (TPSA) is 81.9 Å². The Morgan fingerprint density at radius 3 is 2.66 bits per heavy atom. The molecule has 1 aliphatic carbocycles. The molecule has 0 bridgehead atoms. The monoisotopic (exact) mass is 522 g/mol. The molecule has 1 aliphatic heterocycles. The first kappa shape index (κ1) is 24.4. The molecule has 2 N–H and O–H groups in total. The summed E-state index contributed by atoms with van der Waals surface area (Å²) in [5, 5.41) is 0.607. The lowest BCUT2D eigenvalue weighted by Crippen LogP contribution is -2.40. The summed E-state index contributed by atoms with van der Waals surface area (Å²) in [6.07, 6.45) is 7.25. The molecule has 1 aromatic carbocycles. The van der Waals surface area contributed by atoms with E-state index in [-0.39, 0.29) is 12.0 Å². The van der Waals surface area contributed by atoms with Crippen molar-refractivity contribution in [3.63, 3.8) is 0 Å². The Hall–Kier alpha value is -2.25. The fourth-order valence-electron chi connectivity index (χ4n) is 4.48. The van der Waals surface area contributed by atoms with Gasteiger partial charge in [-0.25, -0.2) is 9.59 Å². The van der Waals surface area contributed by atoms with Crippen molar-refractivity contribution in [3.05, 3.63) is 62.3 Å². The predicted octanol–water partition coefficient (Wildman–Crippen LogP) is 5.37. The Balaban J connectivity index is 1.99. The number of methoxy groups -OCH3 is 1. The van der Waals surface area contributed by atoms with Crippen LogP contribution >= 0.6 is 27.5 Å². The summed E-state index contributed by atoms with van der Waals surface area (Å²) in [7, 11) is 1.38. The van der Waals surface area contributed by atoms with Crippen LogP contribution in [0.3, 0.4) is 0 Å². The number of allylic oxidation sites excluding steroid dienone is 2. The van der Waals surface area contributed by atoms with Crippen molar-refractivity contribution < 1.29 is 19.1 Å². The van der Waals surface area contributed by atoms with E-state index in [1.165, 1.54) is 13.3 Å². The van der Waals surface area contributed by atoms with Gasteiger partial charge in [0.05, 0.1) is 19.3 Å². The molecule has 3 rings (SSSR count). The molecule has 1 atom stereocenters. The van der Waals surface area contributed by atoms with Crippen LogP contribution in [0.2, 0.25) is 5.02 Å². The van der Waals surface area contributed by atoms with Gasteiger partial charge in [0, 0.05) is 28.8 Å². The van der Waals surface area contributed by atoms with Crippen LogP contribution in [-0.4, -0.2) is 43.8 Å². The zero-order valence-corrected chi connectivity index (χ0v) is 20.6. The highest BCUT2D eigenvalue weighted by Crippen LogP contribution is 2.44. The maximum atomic E-state index is 12.7. The second-order valence-corrected chi connectivity index (χ2v) is 9.23. The third kappa shape index (κ3) is 5.56. The normalized spacial score (nSPS) is 20.9. The number of benzene rings is 1. The molecule has 0 radical (unpaired) electrons. The molecule has 0 aromatic heterocycles. The van der Waals surface area contributed by atoms with Gasteiger partial charge in [-0.3, -0.25) is 0 Å². The van der Waals surface area contributed by atoms with Gasteiger partial charge in [-0.1, -0.05) is 17.7 Å². The molecule has 0 spiro atoms. The number of hydrogen-bond acceptors (Lipinski definition) is 5. The van der Waals surface area contributed by atoms with E-state index in [4.69, 9.17) is 26.8 Å². The molecule has 32 heavy (non-hydrogen) atoms. The van der Waals surface area contributed by atoms with E-state index in [0.717, 1.165) is 29.5 Å². The number of amides is 1. The Morgan fingerprint density at radius 2 is 2.03 bits per heavy atom. The van der Waals surface area contributed by atoms with E-state index in [1.54, 1.807) is 4.90 Å². The molecule has 1 unspecified atom stereocenters. The third-order valence-corrected chi connectivity index (χ3v) is 6.77. The van der Waals surface area contributed by atoms with Gasteiger partial charge in [-0.15, -0.1) is 0 Å². The standard InChI is InChI=1S/C24H28BrClN2O4/c1-3-32-24(30)28-8-6-15(7-9-28)21-12-16(10-18(25)14-27)22(23(29)31-2)13-17-11-19(26)4-5-20(17)21/h4-5,10-11,13-15,21H,3,6-9,12,27H2,1-2H3/b16-10+,18-14+. The van der Waals surface area contributed by atoms with Crippen molar-refractivity contribution in [2.45, 2.75) is 32.1 Å². The van der Waals surface area contributed by atoms with Gasteiger partial charge >= 0.3 is 12.1 Å². The number of nitrogens with zero attached hydrogens (tertiary/aromatic N) is 1. The molecular weight excluding hydrogens is 496 g/mol. The Morgan fingerprint density at radius 1 is 1.31 bits per heavy atom. The molecule has 1 heterocycles. The SMILES string of the molecule is CCOC(=O)N1CCC(C2C/C(=C\C(Br)=C/N)C(C(=O)OC)=Cc3cc(Cl)ccc32)CC1. The van der Waals surface area contributed by atoms with Gasteiger partial charge < -0.3 is 20.1 Å². The zero-order chi connectivity index (χ0) is 23.3. The van der Waals surface area contributed by atoms with E-state index in [9.17, 15) is 9.59 Å². The summed E-state index contributed by atoms with van der Waals surface area (Å²) in [5.41, 5.74) is 9.06. The van der Waals surface area contributed by atoms with Gasteiger partial charge in [0.1, 0.15) is 0 Å². The number of rotatable bonds is 4. The number of nitrogens with two attached hydrogens (primary N) is 1. The van der Waals surface area contributed by atoms with Gasteiger partial charge in [0.2, 0.25) is 0 Å². The average Bonchev–Trinajstić information content (AvgIpc) is 2.95. The Bertz CT molecular complexity index is 965. The first-order chi connectivity index (χ1) is 15.4. The first-order valence-electron chi connectivity index (χ1n) is 10.7. The van der Waals surface area contributed by atoms with Crippen LogP contribution in [0.4, 0.5) is 4.79 Å². The lowest BCUT2D eigenvalue weighted by Gasteiger charge is -2.36. The molecule has 1 saturated heterocycles. The number of ether oxygens (including phenoxy) is 2. The molecule has 1 amide bonds. The van der Waals surface area contributed by atoms with Crippen LogP contribution in [0.25, 0.3) is 6.08 Å². The first-order valence-corrected chi connectivity index (χ1v) is 11.8. The molecule has 2 aliphatic rings. The Labute approximate surface area is 202 Å². The summed E-state index contributed by atoms with van der Waals surface area (Å²) in [5.74, 6) is 0.0710. The van der Waals surface area contributed by atoms with Crippen LogP contribution in [-0.2, 0) is 14.3 Å². The van der Waals surface area contributed by atoms with E-state index in [2.05, 4.69) is 15.9 Å². The lowest BCUT2D eigenvalue weighted by atomic mass is 9.76. The summed E-state index contributed by atoms with van der Waals surface area (Å²) in [6, 6.07) is 5.82. The average molecular weight is 524 g/mol. The molecule has 1 aromatic rings. The summed E-state index contributed by atoms with van der Waals surface area (Å²) >= 11 is 9.74. The number of piperidine rings is 1. The minimum absolute atomic E-state index is 0.148. The van der Waals surface area contributed by atoms with Gasteiger partial charge in [-0.2, -0.15) is 0 Å². The highest BCUT2D eigenvalue weighted by molar-refractivity contribution is 9.11. The van der Waals surface area contributed by atoms with Crippen molar-refractivity contribution in [2.75, 3.05) is 26.8 Å². The fraction of sp³-hybridized carbons (Fsp3) is 0.417. The van der Waals surface area contributed by atoms with Crippen molar-refractivity contribution in [1.29, 1.82) is 0 Å². The Kier molecular flexibility index (Phi) is 8.43. The maximum Gasteiger partial charge on any atom is 0.409 e. The number of halogens is 2. The van der Waals surface area contributed by atoms with Gasteiger partial charge in [0.15, 0.2) is 0 Å². The molecule has 6 nitrogen and oxygen atoms in total. The number of esters is 1. The molecule has 172 valence electrons. The number of carbonyl (C=O) groups excluding carboxylic acids is 2. The number of hydrogen-bond donors (Lipinski definition) is 1. The second kappa shape index (κ2) is 11.1. The van der Waals surface area contributed by atoms with Gasteiger partial charge in [-0.05, 0) is 94.9 Å². The van der Waals surface area contributed by atoms with Crippen LogP contribution in [0, 0.1) is 5.92 Å². The third-order valence-electron chi connectivity index (χ3n) is 6.05. The predicted molar refractivity (Wildman–Crippen MR) is 129 cm³/mol. The minimum atomic E-state index is -0.405. The second-order valence-electron chi connectivity index (χ2n) is 7.88. The van der Waals surface area contributed by atoms with Gasteiger partial charge in [0.25, 0.3) is 0 Å². The van der Waals surface area contributed by atoms with Crippen LogP contribution in [0.5, 0.6) is 0 Å². The number of likely N-dealkylation sites (tertiary alicyclic amines) is 1. The van der Waals surface area contributed by atoms with Crippen LogP contribution in [0.1, 0.15) is 43.2 Å². The van der Waals surface area contributed by atoms with Crippen molar-refractivity contribution >= 4 is 45.7 Å². The van der Waals surface area contributed by atoms with E-state index >= 15 is 0 Å². The zero-order valence-electron chi connectivity index (χ0n) is 18.3. The van der Waals surface area contributed by atoms with Crippen molar-refractivity contribution in [1.82, 2.24) is 4.90 Å². The highest BCUT2D eigenvalue weighted by atomic mass is 79.9. The van der Waals surface area contributed by atoms with E-state index in [0.29, 0.717) is 47.1 Å². The molecule has 8 heteroatoms. The smallest absolute Gasteiger partial charge is 0.409 e. The maximum absolute atomic E-state index is 12.7. The summed E-state index contributed by atoms with van der Waals surface area (Å²) < 4.78 is 10.9. The highest BCUT2D eigenvalue weighted by Gasteiger charge is 2.34. The fourth-order valence-corrected chi connectivity index (χ4v) is 4.94. The quantitative estimate of drug-likeness (QED) is 0.536. The molecule has 1 fully saturated rings. The minimum Gasteiger partial charge on any atom is -0.465 e. The molecular formula is C24H28BrClN2O4.